The van der Waals surface area contributed by atoms with Crippen molar-refractivity contribution in [3.8, 4) is 0 Å². The number of nitrogens with zero attached hydrogens (tertiary/aromatic N) is 2. The molecule has 0 aliphatic heterocycles. The first-order chi connectivity index (χ1) is 11.1. The fraction of sp³-hybridized carbons (Fsp3) is 0.278. The Kier molecular flexibility index (Phi) is 4.69. The predicted molar refractivity (Wildman–Crippen MR) is 86.5 cm³/mol. The normalized spacial score (nSPS) is 12.7. The first kappa shape index (κ1) is 15.6. The van der Waals surface area contributed by atoms with E-state index in [1.807, 2.05) is 35.8 Å². The third kappa shape index (κ3) is 3.57. The Morgan fingerprint density at radius 2 is 1.91 bits per heavy atom. The van der Waals surface area contributed by atoms with Gasteiger partial charge in [-0.2, -0.15) is 0 Å². The zero-order chi connectivity index (χ0) is 16.2. The highest BCUT2D eigenvalue weighted by molar-refractivity contribution is 5.75. The van der Waals surface area contributed by atoms with Crippen molar-refractivity contribution < 1.29 is 14.2 Å². The van der Waals surface area contributed by atoms with Crippen molar-refractivity contribution in [2.45, 2.75) is 26.2 Å². The molecule has 0 fully saturated rings. The summed E-state index contributed by atoms with van der Waals surface area (Å²) in [7, 11) is 0. The second-order valence-electron chi connectivity index (χ2n) is 5.52. The van der Waals surface area contributed by atoms with Crippen LogP contribution in [0.15, 0.2) is 48.5 Å². The summed E-state index contributed by atoms with van der Waals surface area (Å²) in [4.78, 5) is 4.47. The molecule has 1 aromatic heterocycles. The largest absolute Gasteiger partial charge is 0.389 e. The average Bonchev–Trinajstić information content (AvgIpc) is 2.85. The first-order valence-electron chi connectivity index (χ1n) is 7.56. The maximum Gasteiger partial charge on any atom is 0.128 e. The minimum absolute atomic E-state index is 0.139. The van der Waals surface area contributed by atoms with Gasteiger partial charge in [-0.05, 0) is 25.1 Å². The number of ether oxygens (including phenoxy) is 1. The zero-order valence-electron chi connectivity index (χ0n) is 12.9. The van der Waals surface area contributed by atoms with Crippen LogP contribution in [0.25, 0.3) is 11.0 Å². The number of halogens is 1. The molecule has 1 unspecified atom stereocenters. The third-order valence-electron chi connectivity index (χ3n) is 3.76. The Hall–Kier alpha value is -2.24. The van der Waals surface area contributed by atoms with Crippen LogP contribution in [0.4, 0.5) is 4.39 Å². The molecule has 120 valence electrons. The van der Waals surface area contributed by atoms with E-state index in [1.54, 1.807) is 18.2 Å². The van der Waals surface area contributed by atoms with Crippen molar-refractivity contribution in [3.63, 3.8) is 0 Å². The zero-order valence-corrected chi connectivity index (χ0v) is 12.9. The fourth-order valence-corrected chi connectivity index (χ4v) is 2.61. The first-order valence-corrected chi connectivity index (χ1v) is 7.56. The minimum atomic E-state index is -0.682. The van der Waals surface area contributed by atoms with E-state index >= 15 is 0 Å². The van der Waals surface area contributed by atoms with Gasteiger partial charge in [0.15, 0.2) is 0 Å². The molecule has 1 atom stereocenters. The maximum absolute atomic E-state index is 13.5. The van der Waals surface area contributed by atoms with Gasteiger partial charge in [0.2, 0.25) is 0 Å². The highest BCUT2D eigenvalue weighted by Gasteiger charge is 2.12. The lowest BCUT2D eigenvalue weighted by Gasteiger charge is -2.14. The molecule has 1 heterocycles. The van der Waals surface area contributed by atoms with Crippen LogP contribution in [0, 0.1) is 12.7 Å². The number of rotatable bonds is 6. The molecule has 0 aliphatic rings. The molecule has 0 radical (unpaired) electrons. The lowest BCUT2D eigenvalue weighted by Crippen LogP contribution is -2.22. The Labute approximate surface area is 134 Å². The van der Waals surface area contributed by atoms with Crippen LogP contribution >= 0.6 is 0 Å². The molecule has 0 amide bonds. The Balaban J connectivity index is 1.60. The number of hydrogen-bond acceptors (Lipinski definition) is 3. The van der Waals surface area contributed by atoms with Gasteiger partial charge in [-0.15, -0.1) is 0 Å². The topological polar surface area (TPSA) is 47.3 Å². The van der Waals surface area contributed by atoms with Gasteiger partial charge in [0.25, 0.3) is 0 Å². The van der Waals surface area contributed by atoms with Crippen molar-refractivity contribution >= 4 is 11.0 Å². The number of hydrogen-bond donors (Lipinski definition) is 1. The number of fused-ring (bicyclic) bond motifs is 1. The van der Waals surface area contributed by atoms with Crippen molar-refractivity contribution in [3.05, 3.63) is 65.7 Å². The number of benzene rings is 2. The SMILES string of the molecule is Cc1nc2ccccc2n1CC(O)COCc1ccccc1F. The van der Waals surface area contributed by atoms with Gasteiger partial charge in [0.1, 0.15) is 11.6 Å². The summed E-state index contributed by atoms with van der Waals surface area (Å²) in [5.41, 5.74) is 2.38. The lowest BCUT2D eigenvalue weighted by atomic mass is 10.2. The highest BCUT2D eigenvalue weighted by atomic mass is 19.1. The molecular formula is C18H19FN2O2. The summed E-state index contributed by atoms with van der Waals surface area (Å²) in [6.45, 7) is 2.59. The summed E-state index contributed by atoms with van der Waals surface area (Å²) in [6.07, 6.45) is -0.682. The third-order valence-corrected chi connectivity index (χ3v) is 3.76. The molecule has 0 bridgehead atoms. The minimum Gasteiger partial charge on any atom is -0.389 e. The lowest BCUT2D eigenvalue weighted by molar-refractivity contribution is 0.0197. The van der Waals surface area contributed by atoms with E-state index in [0.29, 0.717) is 12.1 Å². The molecule has 0 aliphatic carbocycles. The molecule has 3 aromatic rings. The van der Waals surface area contributed by atoms with Gasteiger partial charge in [-0.3, -0.25) is 0 Å². The molecule has 3 rings (SSSR count). The summed E-state index contributed by atoms with van der Waals surface area (Å²) in [6, 6.07) is 14.3. The molecule has 2 aromatic carbocycles. The van der Waals surface area contributed by atoms with Gasteiger partial charge < -0.3 is 14.4 Å². The Morgan fingerprint density at radius 1 is 1.17 bits per heavy atom. The van der Waals surface area contributed by atoms with Crippen LogP contribution in [0.2, 0.25) is 0 Å². The molecule has 0 saturated heterocycles. The van der Waals surface area contributed by atoms with Gasteiger partial charge in [0, 0.05) is 5.56 Å². The van der Waals surface area contributed by atoms with Crippen LogP contribution in [-0.2, 0) is 17.9 Å². The summed E-state index contributed by atoms with van der Waals surface area (Å²) < 4.78 is 20.9. The fourth-order valence-electron chi connectivity index (χ4n) is 2.61. The molecule has 0 spiro atoms. The smallest absolute Gasteiger partial charge is 0.128 e. The van der Waals surface area contributed by atoms with Crippen LogP contribution in [-0.4, -0.2) is 27.4 Å². The number of aryl methyl sites for hydroxylation is 1. The summed E-state index contributed by atoms with van der Waals surface area (Å²) in [5.74, 6) is 0.554. The van der Waals surface area contributed by atoms with E-state index in [2.05, 4.69) is 4.98 Å². The average molecular weight is 314 g/mol. The Morgan fingerprint density at radius 3 is 2.74 bits per heavy atom. The second-order valence-corrected chi connectivity index (χ2v) is 5.52. The van der Waals surface area contributed by atoms with Crippen molar-refractivity contribution in [2.24, 2.45) is 0 Å². The van der Waals surface area contributed by atoms with Crippen LogP contribution in [0.3, 0.4) is 0 Å². The van der Waals surface area contributed by atoms with E-state index in [4.69, 9.17) is 4.74 Å². The molecule has 1 N–H and O–H groups in total. The van der Waals surface area contributed by atoms with Gasteiger partial charge >= 0.3 is 0 Å². The van der Waals surface area contributed by atoms with Crippen LogP contribution < -0.4 is 0 Å². The number of aliphatic hydroxyl groups is 1. The van der Waals surface area contributed by atoms with Crippen molar-refractivity contribution in [1.29, 1.82) is 0 Å². The molecular weight excluding hydrogens is 295 g/mol. The van der Waals surface area contributed by atoms with E-state index in [0.717, 1.165) is 16.9 Å². The standard InChI is InChI=1S/C18H19FN2O2/c1-13-20-17-8-4-5-9-18(17)21(13)10-15(22)12-23-11-14-6-2-3-7-16(14)19/h2-9,15,22H,10-12H2,1H3. The predicted octanol–water partition coefficient (Wildman–Crippen LogP) is 3.06. The van der Waals surface area contributed by atoms with E-state index in [-0.39, 0.29) is 19.0 Å². The summed E-state index contributed by atoms with van der Waals surface area (Å²) >= 11 is 0. The van der Waals surface area contributed by atoms with Gasteiger partial charge in [-0.1, -0.05) is 30.3 Å². The molecule has 23 heavy (non-hydrogen) atoms. The van der Waals surface area contributed by atoms with Crippen LogP contribution in [0.5, 0.6) is 0 Å². The maximum atomic E-state index is 13.5. The Bertz CT molecular complexity index is 801. The quantitative estimate of drug-likeness (QED) is 0.760. The molecule has 0 saturated carbocycles. The van der Waals surface area contributed by atoms with Gasteiger partial charge in [-0.25, -0.2) is 9.37 Å². The number of aliphatic hydroxyl groups excluding tert-OH is 1. The summed E-state index contributed by atoms with van der Waals surface area (Å²) in [5, 5.41) is 10.2. The van der Waals surface area contributed by atoms with Gasteiger partial charge in [0.05, 0.1) is 36.9 Å². The second kappa shape index (κ2) is 6.89. The van der Waals surface area contributed by atoms with Crippen molar-refractivity contribution in [1.82, 2.24) is 9.55 Å². The number of para-hydroxylation sites is 2. The highest BCUT2D eigenvalue weighted by Crippen LogP contribution is 2.16. The van der Waals surface area contributed by atoms with E-state index < -0.39 is 6.10 Å². The van der Waals surface area contributed by atoms with Crippen LogP contribution in [0.1, 0.15) is 11.4 Å². The molecule has 5 heteroatoms. The number of aromatic nitrogens is 2. The van der Waals surface area contributed by atoms with E-state index in [1.165, 1.54) is 6.07 Å². The molecule has 4 nitrogen and oxygen atoms in total. The van der Waals surface area contributed by atoms with E-state index in [9.17, 15) is 9.50 Å². The number of imidazole rings is 1. The van der Waals surface area contributed by atoms with Crippen molar-refractivity contribution in [2.75, 3.05) is 6.61 Å². The monoisotopic (exact) mass is 314 g/mol.